The van der Waals surface area contributed by atoms with E-state index in [0.717, 1.165) is 22.3 Å². The van der Waals surface area contributed by atoms with Crippen LogP contribution < -0.4 is 10.6 Å². The molecule has 0 spiro atoms. The largest absolute Gasteiger partial charge is 0.478 e. The Morgan fingerprint density at radius 3 is 2.18 bits per heavy atom. The molecular weight excluding hydrogens is 547 g/mol. The summed E-state index contributed by atoms with van der Waals surface area (Å²) in [4.78, 5) is 36.8. The van der Waals surface area contributed by atoms with E-state index in [1.165, 1.54) is 12.1 Å². The predicted molar refractivity (Wildman–Crippen MR) is 135 cm³/mol. The second-order valence-electron chi connectivity index (χ2n) is 8.52. The van der Waals surface area contributed by atoms with Crippen LogP contribution in [0.25, 0.3) is 11.1 Å². The Bertz CT molecular complexity index is 1270. The number of benzene rings is 3. The van der Waals surface area contributed by atoms with Crippen LogP contribution in [0.2, 0.25) is 0 Å². The fourth-order valence-corrected chi connectivity index (χ4v) is 5.07. The van der Waals surface area contributed by atoms with Crippen molar-refractivity contribution in [1.82, 2.24) is 5.32 Å². The fourth-order valence-electron chi connectivity index (χ4n) is 4.40. The predicted octanol–water partition coefficient (Wildman–Crippen LogP) is 5.00. The lowest BCUT2D eigenvalue weighted by molar-refractivity contribution is -0.119. The Hall–Kier alpha value is -3.40. The number of carboxylic acid groups (broad SMARTS) is 1. The molecule has 172 valence electrons. The van der Waals surface area contributed by atoms with Gasteiger partial charge in [0.25, 0.3) is 0 Å². The lowest BCUT2D eigenvalue weighted by Crippen LogP contribution is -2.46. The maximum absolute atomic E-state index is 12.9. The van der Waals surface area contributed by atoms with Crippen LogP contribution >= 0.6 is 22.6 Å². The monoisotopic (exact) mass is 568 g/mol. The Balaban J connectivity index is 1.24. The van der Waals surface area contributed by atoms with Crippen molar-refractivity contribution < 1.29 is 24.2 Å². The van der Waals surface area contributed by atoms with Gasteiger partial charge in [0.05, 0.1) is 5.56 Å². The van der Waals surface area contributed by atoms with E-state index < -0.39 is 17.6 Å². The number of alkyl carbamates (subject to hydrolysis) is 1. The molecule has 2 aliphatic carbocycles. The van der Waals surface area contributed by atoms with Gasteiger partial charge in [-0.25, -0.2) is 9.59 Å². The third-order valence-electron chi connectivity index (χ3n) is 6.27. The quantitative estimate of drug-likeness (QED) is 0.364. The standard InChI is InChI=1S/C26H21IN2O5/c27-16-11-15(23(30)31)12-17(13-16)28-24(32)26(9-10-26)29-25(33)34-14-22-20-7-3-1-5-18(20)19-6-2-4-8-21(19)22/h1-8,11-13,22H,9-10,14H2,(H,28,32)(H,29,33)(H,30,31). The summed E-state index contributed by atoms with van der Waals surface area (Å²) in [5.74, 6) is -1.53. The summed E-state index contributed by atoms with van der Waals surface area (Å²) < 4.78 is 6.26. The number of fused-ring (bicyclic) bond motifs is 3. The number of amides is 2. The average molecular weight is 568 g/mol. The number of ether oxygens (including phenoxy) is 1. The molecule has 0 bridgehead atoms. The smallest absolute Gasteiger partial charge is 0.408 e. The minimum Gasteiger partial charge on any atom is -0.478 e. The molecule has 1 fully saturated rings. The van der Waals surface area contributed by atoms with Crippen molar-refractivity contribution in [2.75, 3.05) is 11.9 Å². The number of nitrogens with one attached hydrogen (secondary N) is 2. The summed E-state index contributed by atoms with van der Waals surface area (Å²) in [6.07, 6.45) is 0.320. The van der Waals surface area contributed by atoms with E-state index in [1.807, 2.05) is 59.0 Å². The van der Waals surface area contributed by atoms with Crippen molar-refractivity contribution >= 4 is 46.2 Å². The van der Waals surface area contributed by atoms with E-state index in [0.29, 0.717) is 22.1 Å². The molecule has 0 heterocycles. The van der Waals surface area contributed by atoms with Crippen molar-refractivity contribution in [3.8, 4) is 11.1 Å². The second-order valence-corrected chi connectivity index (χ2v) is 9.77. The molecule has 0 saturated heterocycles. The lowest BCUT2D eigenvalue weighted by atomic mass is 9.98. The van der Waals surface area contributed by atoms with Gasteiger partial charge >= 0.3 is 12.1 Å². The Morgan fingerprint density at radius 2 is 1.59 bits per heavy atom. The molecular formula is C26H21IN2O5. The number of rotatable bonds is 6. The minimum absolute atomic E-state index is 0.0667. The normalized spacial score (nSPS) is 15.1. The van der Waals surface area contributed by atoms with Crippen LogP contribution in [0.15, 0.2) is 66.7 Å². The van der Waals surface area contributed by atoms with Crippen molar-refractivity contribution in [2.24, 2.45) is 0 Å². The highest BCUT2D eigenvalue weighted by atomic mass is 127. The zero-order valence-corrected chi connectivity index (χ0v) is 20.2. The minimum atomic E-state index is -1.08. The highest BCUT2D eigenvalue weighted by Gasteiger charge is 2.52. The number of anilines is 1. The van der Waals surface area contributed by atoms with Crippen LogP contribution in [-0.4, -0.2) is 35.2 Å². The molecule has 0 atom stereocenters. The van der Waals surface area contributed by atoms with Gasteiger partial charge in [-0.05, 0) is 75.9 Å². The SMILES string of the molecule is O=C(NC1(C(=O)Nc2cc(I)cc(C(=O)O)c2)CC1)OCC1c2ccccc2-c2ccccc21. The van der Waals surface area contributed by atoms with Gasteiger partial charge in [-0.1, -0.05) is 48.5 Å². The van der Waals surface area contributed by atoms with E-state index in [9.17, 15) is 19.5 Å². The van der Waals surface area contributed by atoms with Gasteiger partial charge in [0.1, 0.15) is 12.1 Å². The first-order valence-electron chi connectivity index (χ1n) is 10.8. The van der Waals surface area contributed by atoms with Crippen LogP contribution in [-0.2, 0) is 9.53 Å². The number of carboxylic acids is 1. The molecule has 7 nitrogen and oxygen atoms in total. The molecule has 8 heteroatoms. The Labute approximate surface area is 209 Å². The average Bonchev–Trinajstić information content (AvgIpc) is 3.53. The van der Waals surface area contributed by atoms with E-state index in [4.69, 9.17) is 4.74 Å². The Kier molecular flexibility index (Phi) is 5.76. The molecule has 34 heavy (non-hydrogen) atoms. The number of hydrogen-bond donors (Lipinski definition) is 3. The highest BCUT2D eigenvalue weighted by Crippen LogP contribution is 2.44. The summed E-state index contributed by atoms with van der Waals surface area (Å²) in [7, 11) is 0. The summed E-state index contributed by atoms with van der Waals surface area (Å²) in [5, 5.41) is 14.7. The van der Waals surface area contributed by atoms with Gasteiger partial charge in [-0.2, -0.15) is 0 Å². The molecule has 0 aromatic heterocycles. The topological polar surface area (TPSA) is 105 Å². The fraction of sp³-hybridized carbons (Fsp3) is 0.192. The van der Waals surface area contributed by atoms with Gasteiger partial charge in [-0.3, -0.25) is 4.79 Å². The van der Waals surface area contributed by atoms with E-state index >= 15 is 0 Å². The first kappa shape index (κ1) is 22.4. The van der Waals surface area contributed by atoms with Crippen molar-refractivity contribution in [3.63, 3.8) is 0 Å². The van der Waals surface area contributed by atoms with Crippen LogP contribution in [0.5, 0.6) is 0 Å². The van der Waals surface area contributed by atoms with Gasteiger partial charge in [-0.15, -0.1) is 0 Å². The van der Waals surface area contributed by atoms with Gasteiger partial charge in [0.15, 0.2) is 0 Å². The lowest BCUT2D eigenvalue weighted by Gasteiger charge is -2.19. The summed E-state index contributed by atoms with van der Waals surface area (Å²) in [6, 6.07) is 20.7. The van der Waals surface area contributed by atoms with Crippen molar-refractivity contribution in [3.05, 3.63) is 87.0 Å². The van der Waals surface area contributed by atoms with Crippen LogP contribution in [0.1, 0.15) is 40.2 Å². The zero-order valence-electron chi connectivity index (χ0n) is 18.0. The molecule has 5 rings (SSSR count). The molecule has 1 saturated carbocycles. The Morgan fingerprint density at radius 1 is 0.971 bits per heavy atom. The van der Waals surface area contributed by atoms with E-state index in [-0.39, 0.29) is 24.0 Å². The first-order chi connectivity index (χ1) is 16.4. The summed E-state index contributed by atoms with van der Waals surface area (Å²) in [6.45, 7) is 0.163. The van der Waals surface area contributed by atoms with Gasteiger partial charge in [0, 0.05) is 15.2 Å². The van der Waals surface area contributed by atoms with Crippen LogP contribution in [0.4, 0.5) is 10.5 Å². The first-order valence-corrected chi connectivity index (χ1v) is 11.9. The third-order valence-corrected chi connectivity index (χ3v) is 6.90. The number of carbonyl (C=O) groups excluding carboxylic acids is 2. The maximum atomic E-state index is 12.9. The molecule has 3 N–H and O–H groups in total. The summed E-state index contributed by atoms with van der Waals surface area (Å²) >= 11 is 1.99. The third kappa shape index (κ3) is 4.25. The molecule has 3 aromatic rings. The number of carbonyl (C=O) groups is 3. The second kappa shape index (κ2) is 8.75. The molecule has 3 aromatic carbocycles. The highest BCUT2D eigenvalue weighted by molar-refractivity contribution is 14.1. The van der Waals surface area contributed by atoms with Crippen molar-refractivity contribution in [1.29, 1.82) is 0 Å². The van der Waals surface area contributed by atoms with E-state index in [1.54, 1.807) is 6.07 Å². The van der Waals surface area contributed by atoms with E-state index in [2.05, 4.69) is 22.8 Å². The molecule has 0 unspecified atom stereocenters. The molecule has 2 amide bonds. The van der Waals surface area contributed by atoms with Gasteiger partial charge < -0.3 is 20.5 Å². The maximum Gasteiger partial charge on any atom is 0.408 e. The van der Waals surface area contributed by atoms with Crippen LogP contribution in [0.3, 0.4) is 0 Å². The molecule has 2 aliphatic rings. The summed E-state index contributed by atoms with van der Waals surface area (Å²) in [5.41, 5.74) is 3.91. The van der Waals surface area contributed by atoms with Crippen LogP contribution in [0, 0.1) is 3.57 Å². The molecule has 0 radical (unpaired) electrons. The molecule has 0 aliphatic heterocycles. The zero-order chi connectivity index (χ0) is 23.9. The number of hydrogen-bond acceptors (Lipinski definition) is 4. The van der Waals surface area contributed by atoms with Crippen molar-refractivity contribution in [2.45, 2.75) is 24.3 Å². The van der Waals surface area contributed by atoms with Gasteiger partial charge in [0.2, 0.25) is 5.91 Å². The number of halogens is 1. The number of aromatic carboxylic acids is 1.